The summed E-state index contributed by atoms with van der Waals surface area (Å²) in [6, 6.07) is 10.3. The lowest BCUT2D eigenvalue weighted by Crippen LogP contribution is -2.29. The Morgan fingerprint density at radius 2 is 1.83 bits per heavy atom. The molecule has 3 aliphatic rings. The van der Waals surface area contributed by atoms with E-state index in [1.165, 1.54) is 5.57 Å². The first-order valence-electron chi connectivity index (χ1n) is 10.7. The van der Waals surface area contributed by atoms with Crippen molar-refractivity contribution in [2.75, 3.05) is 13.2 Å². The van der Waals surface area contributed by atoms with Crippen molar-refractivity contribution >= 4 is 7.60 Å². The minimum Gasteiger partial charge on any atom is -0.339 e. The van der Waals surface area contributed by atoms with Crippen molar-refractivity contribution in [1.82, 2.24) is 0 Å². The SMILES string of the molecule is CCOP(=O)(OCC)[C@H]1CCC2(C1)O[C@@H](C1=CC=CCC1)[C@H](c1ccccc1)O2. The lowest BCUT2D eigenvalue weighted by molar-refractivity contribution is -0.167. The number of hydrogen-bond donors (Lipinski definition) is 0. The van der Waals surface area contributed by atoms with E-state index in [1.54, 1.807) is 0 Å². The Morgan fingerprint density at radius 3 is 2.48 bits per heavy atom. The highest BCUT2D eigenvalue weighted by Gasteiger charge is 2.56. The van der Waals surface area contributed by atoms with Gasteiger partial charge in [-0.05, 0) is 44.2 Å². The van der Waals surface area contributed by atoms with Crippen molar-refractivity contribution in [3.63, 3.8) is 0 Å². The van der Waals surface area contributed by atoms with Crippen LogP contribution < -0.4 is 0 Å². The van der Waals surface area contributed by atoms with Gasteiger partial charge in [-0.2, -0.15) is 0 Å². The molecule has 0 amide bonds. The lowest BCUT2D eigenvalue weighted by atomic mass is 9.93. The van der Waals surface area contributed by atoms with E-state index in [-0.39, 0.29) is 17.9 Å². The Balaban J connectivity index is 1.59. The highest BCUT2D eigenvalue weighted by Crippen LogP contribution is 2.62. The molecule has 158 valence electrons. The van der Waals surface area contributed by atoms with E-state index in [4.69, 9.17) is 18.5 Å². The largest absolute Gasteiger partial charge is 0.339 e. The third kappa shape index (κ3) is 4.30. The van der Waals surface area contributed by atoms with E-state index >= 15 is 0 Å². The fourth-order valence-electron chi connectivity index (χ4n) is 4.67. The van der Waals surface area contributed by atoms with E-state index in [0.717, 1.165) is 18.4 Å². The summed E-state index contributed by atoms with van der Waals surface area (Å²) in [6.07, 6.45) is 10.1. The predicted octanol–water partition coefficient (Wildman–Crippen LogP) is 5.93. The fourth-order valence-corrected chi connectivity index (χ4v) is 6.83. The summed E-state index contributed by atoms with van der Waals surface area (Å²) in [6.45, 7) is 4.45. The Kier molecular flexibility index (Phi) is 6.43. The Labute approximate surface area is 173 Å². The summed E-state index contributed by atoms with van der Waals surface area (Å²) in [7, 11) is -3.17. The van der Waals surface area contributed by atoms with Crippen LogP contribution in [0.2, 0.25) is 0 Å². The molecule has 29 heavy (non-hydrogen) atoms. The van der Waals surface area contributed by atoms with E-state index in [1.807, 2.05) is 32.0 Å². The van der Waals surface area contributed by atoms with Gasteiger partial charge in [0.25, 0.3) is 0 Å². The number of allylic oxidation sites excluding steroid dienone is 3. The van der Waals surface area contributed by atoms with Crippen molar-refractivity contribution in [2.24, 2.45) is 0 Å². The van der Waals surface area contributed by atoms with Gasteiger partial charge in [0.05, 0.1) is 18.9 Å². The first kappa shape index (κ1) is 21.0. The molecule has 4 atom stereocenters. The fraction of sp³-hybridized carbons (Fsp3) is 0.565. The minimum absolute atomic E-state index is 0.125. The molecular weight excluding hydrogens is 387 g/mol. The molecule has 0 bridgehead atoms. The maximum Gasteiger partial charge on any atom is 0.333 e. The van der Waals surface area contributed by atoms with E-state index < -0.39 is 13.4 Å². The van der Waals surface area contributed by atoms with Crippen molar-refractivity contribution < 1.29 is 23.1 Å². The molecule has 1 aromatic carbocycles. The van der Waals surface area contributed by atoms with E-state index in [0.29, 0.717) is 32.5 Å². The van der Waals surface area contributed by atoms with Crippen LogP contribution in [0.4, 0.5) is 0 Å². The second-order valence-corrected chi connectivity index (χ2v) is 10.2. The van der Waals surface area contributed by atoms with Gasteiger partial charge >= 0.3 is 7.60 Å². The smallest absolute Gasteiger partial charge is 0.333 e. The van der Waals surface area contributed by atoms with Crippen LogP contribution in [0.15, 0.2) is 54.1 Å². The standard InChI is InChI=1S/C23H31O5P/c1-3-25-29(24,26-4-2)20-15-16-23(17-20)27-21(18-11-7-5-8-12-18)22(28-23)19-13-9-6-10-14-19/h5-9,11-13,20-22H,3-4,10,14-17H2,1-2H3/t20-,21-,22-,23?/m0/s1. The van der Waals surface area contributed by atoms with Gasteiger partial charge in [-0.25, -0.2) is 0 Å². The third-order valence-electron chi connectivity index (χ3n) is 5.97. The molecule has 1 aromatic rings. The molecular formula is C23H31O5P. The summed E-state index contributed by atoms with van der Waals surface area (Å²) in [5.74, 6) is -0.734. The molecule has 1 spiro atoms. The van der Waals surface area contributed by atoms with E-state index in [2.05, 4.69) is 30.4 Å². The molecule has 2 fully saturated rings. The van der Waals surface area contributed by atoms with Gasteiger partial charge < -0.3 is 18.5 Å². The molecule has 0 N–H and O–H groups in total. The average Bonchev–Trinajstić information content (AvgIpc) is 3.34. The maximum absolute atomic E-state index is 13.3. The first-order chi connectivity index (χ1) is 14.1. The van der Waals surface area contributed by atoms with Crippen LogP contribution in [0.1, 0.15) is 57.6 Å². The van der Waals surface area contributed by atoms with Crippen molar-refractivity contribution in [3.05, 3.63) is 59.7 Å². The molecule has 6 heteroatoms. The van der Waals surface area contributed by atoms with Crippen LogP contribution >= 0.6 is 7.60 Å². The number of rotatable bonds is 7. The summed E-state index contributed by atoms with van der Waals surface area (Å²) >= 11 is 0. The van der Waals surface area contributed by atoms with Gasteiger partial charge in [-0.1, -0.05) is 48.6 Å². The van der Waals surface area contributed by atoms with Gasteiger partial charge in [-0.15, -0.1) is 0 Å². The predicted molar refractivity (Wildman–Crippen MR) is 113 cm³/mol. The van der Waals surface area contributed by atoms with E-state index in [9.17, 15) is 4.57 Å². The zero-order chi connectivity index (χ0) is 20.3. The zero-order valence-electron chi connectivity index (χ0n) is 17.3. The molecule has 1 aliphatic heterocycles. The maximum atomic E-state index is 13.3. The molecule has 1 saturated heterocycles. The van der Waals surface area contributed by atoms with Crippen LogP contribution in [0.3, 0.4) is 0 Å². The highest BCUT2D eigenvalue weighted by atomic mass is 31.2. The van der Waals surface area contributed by atoms with Gasteiger partial charge in [0, 0.05) is 12.8 Å². The van der Waals surface area contributed by atoms with Gasteiger partial charge in [-0.3, -0.25) is 4.57 Å². The van der Waals surface area contributed by atoms with Crippen LogP contribution in [0, 0.1) is 0 Å². The minimum atomic E-state index is -3.17. The van der Waals surface area contributed by atoms with Crippen LogP contribution in [-0.2, 0) is 23.1 Å². The molecule has 5 nitrogen and oxygen atoms in total. The molecule has 2 aliphatic carbocycles. The zero-order valence-corrected chi connectivity index (χ0v) is 18.2. The quantitative estimate of drug-likeness (QED) is 0.514. The van der Waals surface area contributed by atoms with Crippen LogP contribution in [0.25, 0.3) is 0 Å². The van der Waals surface area contributed by atoms with Gasteiger partial charge in [0.1, 0.15) is 12.2 Å². The summed E-state index contributed by atoms with van der Waals surface area (Å²) < 4.78 is 37.8. The van der Waals surface area contributed by atoms with Crippen LogP contribution in [-0.4, -0.2) is 30.8 Å². The Bertz CT molecular complexity index is 795. The summed E-state index contributed by atoms with van der Waals surface area (Å²) in [5.41, 5.74) is 2.18. The molecule has 0 aromatic heterocycles. The average molecular weight is 418 g/mol. The Hall–Kier alpha value is -1.23. The molecule has 1 unspecified atom stereocenters. The van der Waals surface area contributed by atoms with Gasteiger partial charge in [0.2, 0.25) is 0 Å². The van der Waals surface area contributed by atoms with Crippen molar-refractivity contribution in [2.45, 2.75) is 69.6 Å². The van der Waals surface area contributed by atoms with Crippen molar-refractivity contribution in [3.8, 4) is 0 Å². The first-order valence-corrected chi connectivity index (χ1v) is 12.4. The molecule has 1 saturated carbocycles. The number of hydrogen-bond acceptors (Lipinski definition) is 5. The second kappa shape index (κ2) is 8.87. The molecule has 1 heterocycles. The normalized spacial score (nSPS) is 32.1. The topological polar surface area (TPSA) is 54.0 Å². The second-order valence-electron chi connectivity index (χ2n) is 7.88. The van der Waals surface area contributed by atoms with Crippen LogP contribution in [0.5, 0.6) is 0 Å². The number of benzene rings is 1. The van der Waals surface area contributed by atoms with Crippen molar-refractivity contribution in [1.29, 1.82) is 0 Å². The Morgan fingerprint density at radius 1 is 1.10 bits per heavy atom. The molecule has 4 rings (SSSR count). The lowest BCUT2D eigenvalue weighted by Gasteiger charge is -2.26. The highest BCUT2D eigenvalue weighted by molar-refractivity contribution is 7.54. The van der Waals surface area contributed by atoms with Gasteiger partial charge in [0.15, 0.2) is 5.79 Å². The summed E-state index contributed by atoms with van der Waals surface area (Å²) in [4.78, 5) is 0. The summed E-state index contributed by atoms with van der Waals surface area (Å²) in [5, 5.41) is 0. The molecule has 0 radical (unpaired) electrons. The number of ether oxygens (including phenoxy) is 2. The monoisotopic (exact) mass is 418 g/mol. The third-order valence-corrected chi connectivity index (χ3v) is 8.54.